The number of nitrogens with zero attached hydrogens (tertiary/aromatic N) is 2. The number of carbonyl (C=O) groups is 1. The second kappa shape index (κ2) is 4.47. The van der Waals surface area contributed by atoms with E-state index in [1.54, 1.807) is 20.9 Å². The molecule has 1 aromatic heterocycles. The van der Waals surface area contributed by atoms with Crippen LogP contribution in [-0.2, 0) is 7.05 Å². The molecular formula is C11H17N3O2. The van der Waals surface area contributed by atoms with Crippen LogP contribution in [0.5, 0.6) is 0 Å². The normalized spacial score (nSPS) is 10.6. The summed E-state index contributed by atoms with van der Waals surface area (Å²) in [5, 5.41) is 6.73. The van der Waals surface area contributed by atoms with E-state index in [9.17, 15) is 9.59 Å². The summed E-state index contributed by atoms with van der Waals surface area (Å²) in [5.74, 6) is -0.335. The first kappa shape index (κ1) is 12.4. The van der Waals surface area contributed by atoms with Gasteiger partial charge in [-0.2, -0.15) is 5.10 Å². The Morgan fingerprint density at radius 1 is 1.38 bits per heavy atom. The smallest absolute Gasteiger partial charge is 0.279 e. The van der Waals surface area contributed by atoms with Gasteiger partial charge in [0.15, 0.2) is 0 Å². The molecule has 0 saturated heterocycles. The molecule has 0 aliphatic heterocycles. The van der Waals surface area contributed by atoms with Crippen LogP contribution in [0.4, 0.5) is 0 Å². The highest BCUT2D eigenvalue weighted by molar-refractivity contribution is 5.95. The van der Waals surface area contributed by atoms with Crippen LogP contribution in [-0.4, -0.2) is 21.7 Å². The average molecular weight is 223 g/mol. The van der Waals surface area contributed by atoms with Crippen LogP contribution >= 0.6 is 0 Å². The maximum Gasteiger partial charge on any atom is 0.279 e. The van der Waals surface area contributed by atoms with E-state index in [1.807, 2.05) is 13.8 Å². The van der Waals surface area contributed by atoms with Gasteiger partial charge in [0.2, 0.25) is 0 Å². The Kier molecular flexibility index (Phi) is 3.47. The molecule has 0 aliphatic carbocycles. The van der Waals surface area contributed by atoms with Gasteiger partial charge in [-0.3, -0.25) is 9.59 Å². The first-order valence-electron chi connectivity index (χ1n) is 5.20. The van der Waals surface area contributed by atoms with E-state index in [0.717, 1.165) is 0 Å². The Hall–Kier alpha value is -1.65. The zero-order valence-corrected chi connectivity index (χ0v) is 10.3. The summed E-state index contributed by atoms with van der Waals surface area (Å²) in [4.78, 5) is 23.7. The molecule has 1 aromatic rings. The van der Waals surface area contributed by atoms with Crippen molar-refractivity contribution in [2.45, 2.75) is 33.7 Å². The fraction of sp³-hybridized carbons (Fsp3) is 0.545. The Balaban J connectivity index is 3.33. The van der Waals surface area contributed by atoms with Gasteiger partial charge in [0.1, 0.15) is 5.56 Å². The number of hydrogen-bond donors (Lipinski definition) is 1. The quantitative estimate of drug-likeness (QED) is 0.795. The molecule has 88 valence electrons. The molecule has 0 saturated carbocycles. The van der Waals surface area contributed by atoms with Crippen molar-refractivity contribution in [2.24, 2.45) is 7.05 Å². The van der Waals surface area contributed by atoms with Gasteiger partial charge >= 0.3 is 0 Å². The van der Waals surface area contributed by atoms with E-state index in [-0.39, 0.29) is 23.1 Å². The predicted molar refractivity (Wildman–Crippen MR) is 61.6 cm³/mol. The van der Waals surface area contributed by atoms with Crippen LogP contribution in [0, 0.1) is 13.8 Å². The fourth-order valence-electron chi connectivity index (χ4n) is 1.45. The molecule has 0 spiro atoms. The molecule has 0 aromatic carbocycles. The van der Waals surface area contributed by atoms with Crippen molar-refractivity contribution in [1.82, 2.24) is 15.1 Å². The lowest BCUT2D eigenvalue weighted by Gasteiger charge is -2.11. The summed E-state index contributed by atoms with van der Waals surface area (Å²) >= 11 is 0. The van der Waals surface area contributed by atoms with Crippen molar-refractivity contribution in [3.63, 3.8) is 0 Å². The number of hydrogen-bond acceptors (Lipinski definition) is 3. The van der Waals surface area contributed by atoms with Crippen LogP contribution in [0.3, 0.4) is 0 Å². The van der Waals surface area contributed by atoms with Crippen molar-refractivity contribution in [2.75, 3.05) is 0 Å². The number of rotatable bonds is 2. The minimum atomic E-state index is -0.360. The first-order chi connectivity index (χ1) is 7.34. The third kappa shape index (κ3) is 2.29. The highest BCUT2D eigenvalue weighted by Crippen LogP contribution is 2.05. The van der Waals surface area contributed by atoms with Gasteiger partial charge in [-0.1, -0.05) is 0 Å². The predicted octanol–water partition coefficient (Wildman–Crippen LogP) is 0.535. The molecule has 0 aliphatic rings. The van der Waals surface area contributed by atoms with Crippen molar-refractivity contribution >= 4 is 5.91 Å². The third-order valence-corrected chi connectivity index (χ3v) is 2.37. The number of aryl methyl sites for hydroxylation is 2. The maximum absolute atomic E-state index is 11.8. The highest BCUT2D eigenvalue weighted by Gasteiger charge is 2.17. The second-order valence-electron chi connectivity index (χ2n) is 4.14. The number of carbonyl (C=O) groups excluding carboxylic acids is 1. The van der Waals surface area contributed by atoms with Crippen LogP contribution < -0.4 is 10.9 Å². The number of aromatic nitrogens is 2. The van der Waals surface area contributed by atoms with Crippen molar-refractivity contribution in [3.05, 3.63) is 27.2 Å². The average Bonchev–Trinajstić information content (AvgIpc) is 2.14. The zero-order valence-electron chi connectivity index (χ0n) is 10.3. The third-order valence-electron chi connectivity index (χ3n) is 2.37. The SMILES string of the molecule is Cc1nn(C)c(=O)c(C(=O)NC(C)C)c1C. The molecule has 1 N–H and O–H groups in total. The first-order valence-corrected chi connectivity index (χ1v) is 5.20. The molecule has 1 amide bonds. The minimum Gasteiger partial charge on any atom is -0.350 e. The van der Waals surface area contributed by atoms with E-state index >= 15 is 0 Å². The molecule has 0 radical (unpaired) electrons. The summed E-state index contributed by atoms with van der Waals surface area (Å²) in [7, 11) is 1.54. The van der Waals surface area contributed by atoms with Gasteiger partial charge in [0.05, 0.1) is 5.69 Å². The molecular weight excluding hydrogens is 206 g/mol. The van der Waals surface area contributed by atoms with Crippen molar-refractivity contribution in [1.29, 1.82) is 0 Å². The second-order valence-corrected chi connectivity index (χ2v) is 4.14. The van der Waals surface area contributed by atoms with E-state index in [0.29, 0.717) is 11.3 Å². The van der Waals surface area contributed by atoms with Crippen molar-refractivity contribution < 1.29 is 4.79 Å². The standard InChI is InChI=1S/C11H17N3O2/c1-6(2)12-10(15)9-7(3)8(4)13-14(5)11(9)16/h6H,1-5H3,(H,12,15). The van der Waals surface area contributed by atoms with Crippen LogP contribution in [0.2, 0.25) is 0 Å². The molecule has 5 nitrogen and oxygen atoms in total. The molecule has 16 heavy (non-hydrogen) atoms. The molecule has 0 atom stereocenters. The number of amides is 1. The molecule has 1 rings (SSSR count). The fourth-order valence-corrected chi connectivity index (χ4v) is 1.45. The molecule has 0 fully saturated rings. The van der Waals surface area contributed by atoms with E-state index < -0.39 is 0 Å². The van der Waals surface area contributed by atoms with Gasteiger partial charge in [-0.25, -0.2) is 4.68 Å². The lowest BCUT2D eigenvalue weighted by atomic mass is 10.1. The summed E-state index contributed by atoms with van der Waals surface area (Å²) < 4.78 is 1.19. The Labute approximate surface area is 94.5 Å². The zero-order chi connectivity index (χ0) is 12.5. The summed E-state index contributed by atoms with van der Waals surface area (Å²) in [6.45, 7) is 7.22. The van der Waals surface area contributed by atoms with Crippen LogP contribution in [0.1, 0.15) is 35.5 Å². The van der Waals surface area contributed by atoms with Gasteiger partial charge in [0, 0.05) is 13.1 Å². The largest absolute Gasteiger partial charge is 0.350 e. The number of nitrogens with one attached hydrogen (secondary N) is 1. The highest BCUT2D eigenvalue weighted by atomic mass is 16.2. The van der Waals surface area contributed by atoms with Gasteiger partial charge in [-0.05, 0) is 33.3 Å². The Morgan fingerprint density at radius 3 is 2.44 bits per heavy atom. The summed E-state index contributed by atoms with van der Waals surface area (Å²) in [5.41, 5.74) is 1.15. The lowest BCUT2D eigenvalue weighted by Crippen LogP contribution is -2.37. The maximum atomic E-state index is 11.8. The Bertz CT molecular complexity index is 475. The van der Waals surface area contributed by atoms with Crippen LogP contribution in [0.15, 0.2) is 4.79 Å². The monoisotopic (exact) mass is 223 g/mol. The van der Waals surface area contributed by atoms with E-state index in [4.69, 9.17) is 0 Å². The van der Waals surface area contributed by atoms with E-state index in [2.05, 4.69) is 10.4 Å². The topological polar surface area (TPSA) is 64.0 Å². The van der Waals surface area contributed by atoms with Crippen molar-refractivity contribution in [3.8, 4) is 0 Å². The van der Waals surface area contributed by atoms with E-state index in [1.165, 1.54) is 4.68 Å². The molecule has 0 bridgehead atoms. The lowest BCUT2D eigenvalue weighted by molar-refractivity contribution is 0.0940. The van der Waals surface area contributed by atoms with Gasteiger partial charge in [0.25, 0.3) is 11.5 Å². The summed E-state index contributed by atoms with van der Waals surface area (Å²) in [6, 6.07) is 0.00470. The Morgan fingerprint density at radius 2 is 1.94 bits per heavy atom. The van der Waals surface area contributed by atoms with Crippen LogP contribution in [0.25, 0.3) is 0 Å². The molecule has 5 heteroatoms. The summed E-state index contributed by atoms with van der Waals surface area (Å²) in [6.07, 6.45) is 0. The van der Waals surface area contributed by atoms with Gasteiger partial charge < -0.3 is 5.32 Å². The van der Waals surface area contributed by atoms with Gasteiger partial charge in [-0.15, -0.1) is 0 Å². The molecule has 1 heterocycles. The molecule has 0 unspecified atom stereocenters. The minimum absolute atomic E-state index is 0.00470.